The molecule has 2 N–H and O–H groups in total. The number of nitrogens with two attached hydrogens (primary N) is 1. The average molecular weight is 273 g/mol. The second-order valence-electron chi connectivity index (χ2n) is 6.45. The van der Waals surface area contributed by atoms with Gasteiger partial charge in [0.2, 0.25) is 0 Å². The van der Waals surface area contributed by atoms with Gasteiger partial charge in [0.05, 0.1) is 0 Å². The lowest BCUT2D eigenvalue weighted by Crippen LogP contribution is -2.50. The van der Waals surface area contributed by atoms with Gasteiger partial charge in [-0.15, -0.1) is 0 Å². The van der Waals surface area contributed by atoms with Crippen LogP contribution in [0.4, 0.5) is 0 Å². The predicted octanol–water partition coefficient (Wildman–Crippen LogP) is 2.07. The molecule has 3 atom stereocenters. The Kier molecular flexibility index (Phi) is 4.39. The van der Waals surface area contributed by atoms with Crippen LogP contribution in [0.3, 0.4) is 0 Å². The summed E-state index contributed by atoms with van der Waals surface area (Å²) in [5.41, 5.74) is 7.61. The first kappa shape index (κ1) is 14.1. The number of benzene rings is 1. The van der Waals surface area contributed by atoms with Gasteiger partial charge >= 0.3 is 0 Å². The van der Waals surface area contributed by atoms with Crippen LogP contribution in [-0.4, -0.2) is 47.6 Å². The van der Waals surface area contributed by atoms with Gasteiger partial charge in [-0.05, 0) is 38.3 Å². The highest BCUT2D eigenvalue weighted by Crippen LogP contribution is 2.25. The van der Waals surface area contributed by atoms with Crippen LogP contribution in [0.1, 0.15) is 31.7 Å². The minimum Gasteiger partial charge on any atom is -0.326 e. The molecule has 20 heavy (non-hydrogen) atoms. The van der Waals surface area contributed by atoms with Crippen molar-refractivity contribution in [1.82, 2.24) is 9.80 Å². The maximum absolute atomic E-state index is 6.18. The third-order valence-electron chi connectivity index (χ3n) is 5.06. The monoisotopic (exact) mass is 273 g/mol. The SMILES string of the molecule is CC1C(N)CCN1C1CCCN(Cc2ccccc2)C1. The smallest absolute Gasteiger partial charge is 0.0234 e. The topological polar surface area (TPSA) is 32.5 Å². The molecule has 0 amide bonds. The Bertz CT molecular complexity index is 420. The molecule has 0 aliphatic carbocycles. The second kappa shape index (κ2) is 6.25. The predicted molar refractivity (Wildman–Crippen MR) is 83.5 cm³/mol. The molecule has 2 aliphatic heterocycles. The largest absolute Gasteiger partial charge is 0.326 e. The summed E-state index contributed by atoms with van der Waals surface area (Å²) in [6.45, 7) is 7.01. The summed E-state index contributed by atoms with van der Waals surface area (Å²) in [5.74, 6) is 0. The maximum atomic E-state index is 6.18. The van der Waals surface area contributed by atoms with Crippen LogP contribution in [0.25, 0.3) is 0 Å². The summed E-state index contributed by atoms with van der Waals surface area (Å²) in [5, 5.41) is 0. The van der Waals surface area contributed by atoms with Crippen LogP contribution >= 0.6 is 0 Å². The number of likely N-dealkylation sites (tertiary alicyclic amines) is 2. The Morgan fingerprint density at radius 1 is 1.15 bits per heavy atom. The molecule has 0 saturated carbocycles. The third kappa shape index (κ3) is 3.05. The van der Waals surface area contributed by atoms with E-state index in [2.05, 4.69) is 47.1 Å². The highest BCUT2D eigenvalue weighted by molar-refractivity contribution is 5.14. The molecule has 3 unspecified atom stereocenters. The Labute approximate surface area is 122 Å². The lowest BCUT2D eigenvalue weighted by molar-refractivity contribution is 0.0870. The van der Waals surface area contributed by atoms with Crippen molar-refractivity contribution in [3.8, 4) is 0 Å². The fourth-order valence-electron chi connectivity index (χ4n) is 3.79. The first-order chi connectivity index (χ1) is 9.74. The zero-order valence-electron chi connectivity index (χ0n) is 12.5. The summed E-state index contributed by atoms with van der Waals surface area (Å²) in [7, 11) is 0. The Morgan fingerprint density at radius 2 is 1.95 bits per heavy atom. The first-order valence-corrected chi connectivity index (χ1v) is 8.01. The van der Waals surface area contributed by atoms with Crippen molar-refractivity contribution < 1.29 is 0 Å². The van der Waals surface area contributed by atoms with Gasteiger partial charge in [0, 0.05) is 37.8 Å². The molecule has 3 rings (SSSR count). The van der Waals surface area contributed by atoms with Crippen molar-refractivity contribution in [1.29, 1.82) is 0 Å². The van der Waals surface area contributed by atoms with Gasteiger partial charge < -0.3 is 5.73 Å². The normalized spacial score (nSPS) is 32.6. The van der Waals surface area contributed by atoms with Crippen LogP contribution in [0, 0.1) is 0 Å². The molecule has 2 fully saturated rings. The van der Waals surface area contributed by atoms with Crippen molar-refractivity contribution >= 4 is 0 Å². The zero-order chi connectivity index (χ0) is 13.9. The molecular weight excluding hydrogens is 246 g/mol. The van der Waals surface area contributed by atoms with Gasteiger partial charge in [-0.3, -0.25) is 9.80 Å². The lowest BCUT2D eigenvalue weighted by Gasteiger charge is -2.40. The zero-order valence-corrected chi connectivity index (χ0v) is 12.5. The average Bonchev–Trinajstić information content (AvgIpc) is 2.80. The standard InChI is InChI=1S/C17H27N3/c1-14-17(18)9-11-20(14)16-8-5-10-19(13-16)12-15-6-3-2-4-7-15/h2-4,6-7,14,16-17H,5,8-13,18H2,1H3. The second-order valence-corrected chi connectivity index (χ2v) is 6.45. The number of piperidine rings is 1. The third-order valence-corrected chi connectivity index (χ3v) is 5.06. The lowest BCUT2D eigenvalue weighted by atomic mass is 10.0. The van der Waals surface area contributed by atoms with Crippen LogP contribution in [0.2, 0.25) is 0 Å². The number of rotatable bonds is 3. The molecule has 1 aromatic carbocycles. The summed E-state index contributed by atoms with van der Waals surface area (Å²) in [4.78, 5) is 5.27. The van der Waals surface area contributed by atoms with Gasteiger partial charge in [0.15, 0.2) is 0 Å². The van der Waals surface area contributed by atoms with Crippen LogP contribution < -0.4 is 5.73 Å². The van der Waals surface area contributed by atoms with Crippen molar-refractivity contribution in [2.24, 2.45) is 5.73 Å². The van der Waals surface area contributed by atoms with Crippen molar-refractivity contribution in [3.63, 3.8) is 0 Å². The molecule has 2 saturated heterocycles. The molecule has 2 aliphatic rings. The number of hydrogen-bond acceptors (Lipinski definition) is 3. The van der Waals surface area contributed by atoms with E-state index in [0.29, 0.717) is 18.1 Å². The quantitative estimate of drug-likeness (QED) is 0.915. The van der Waals surface area contributed by atoms with E-state index < -0.39 is 0 Å². The van der Waals surface area contributed by atoms with E-state index in [1.807, 2.05) is 0 Å². The number of nitrogens with zero attached hydrogens (tertiary/aromatic N) is 2. The molecule has 0 spiro atoms. The van der Waals surface area contributed by atoms with Gasteiger partial charge in [0.25, 0.3) is 0 Å². The van der Waals surface area contributed by atoms with Gasteiger partial charge in [-0.1, -0.05) is 30.3 Å². The van der Waals surface area contributed by atoms with E-state index in [0.717, 1.165) is 13.0 Å². The summed E-state index contributed by atoms with van der Waals surface area (Å²) in [6, 6.07) is 12.5. The Balaban J connectivity index is 1.59. The van der Waals surface area contributed by atoms with Gasteiger partial charge in [-0.25, -0.2) is 0 Å². The molecule has 0 aromatic heterocycles. The van der Waals surface area contributed by atoms with Crippen molar-refractivity contribution in [3.05, 3.63) is 35.9 Å². The van der Waals surface area contributed by atoms with Crippen LogP contribution in [0.15, 0.2) is 30.3 Å². The van der Waals surface area contributed by atoms with E-state index in [-0.39, 0.29) is 0 Å². The minimum absolute atomic E-state index is 0.375. The van der Waals surface area contributed by atoms with E-state index in [9.17, 15) is 0 Å². The van der Waals surface area contributed by atoms with E-state index in [1.54, 1.807) is 0 Å². The molecule has 3 heteroatoms. The fourth-order valence-corrected chi connectivity index (χ4v) is 3.79. The fraction of sp³-hybridized carbons (Fsp3) is 0.647. The van der Waals surface area contributed by atoms with E-state index in [1.165, 1.54) is 38.0 Å². The molecule has 3 nitrogen and oxygen atoms in total. The van der Waals surface area contributed by atoms with Crippen molar-refractivity contribution in [2.45, 2.75) is 50.9 Å². The molecular formula is C17H27N3. The molecule has 0 bridgehead atoms. The summed E-state index contributed by atoms with van der Waals surface area (Å²) < 4.78 is 0. The highest BCUT2D eigenvalue weighted by Gasteiger charge is 2.34. The first-order valence-electron chi connectivity index (χ1n) is 8.01. The number of hydrogen-bond donors (Lipinski definition) is 1. The van der Waals surface area contributed by atoms with E-state index in [4.69, 9.17) is 5.73 Å². The highest BCUT2D eigenvalue weighted by atomic mass is 15.3. The van der Waals surface area contributed by atoms with E-state index >= 15 is 0 Å². The molecule has 1 aromatic rings. The molecule has 2 heterocycles. The summed E-state index contributed by atoms with van der Waals surface area (Å²) >= 11 is 0. The Morgan fingerprint density at radius 3 is 2.65 bits per heavy atom. The minimum atomic E-state index is 0.375. The summed E-state index contributed by atoms with van der Waals surface area (Å²) in [6.07, 6.45) is 3.81. The molecule has 0 radical (unpaired) electrons. The van der Waals surface area contributed by atoms with Gasteiger partial charge in [-0.2, -0.15) is 0 Å². The van der Waals surface area contributed by atoms with Crippen LogP contribution in [0.5, 0.6) is 0 Å². The maximum Gasteiger partial charge on any atom is 0.0234 e. The van der Waals surface area contributed by atoms with Gasteiger partial charge in [0.1, 0.15) is 0 Å². The van der Waals surface area contributed by atoms with Crippen molar-refractivity contribution in [2.75, 3.05) is 19.6 Å². The molecule has 110 valence electrons. The Hall–Kier alpha value is -0.900. The van der Waals surface area contributed by atoms with Crippen LogP contribution in [-0.2, 0) is 6.54 Å².